The van der Waals surface area contributed by atoms with Crippen LogP contribution in [0.1, 0.15) is 5.56 Å². The zero-order valence-electron chi connectivity index (χ0n) is 7.46. The smallest absolute Gasteiger partial charge is 0.138 e. The standard InChI is InChI=1S/C10H9ClFNO/c11-3-1-2-9-6-10(8-13-7-9)14-5-4-12/h6-8H,3-5H2. The van der Waals surface area contributed by atoms with E-state index in [4.69, 9.17) is 16.3 Å². The summed E-state index contributed by atoms with van der Waals surface area (Å²) in [5.41, 5.74) is 0.710. The SMILES string of the molecule is FCCOc1cncc(C#CCCl)c1. The minimum atomic E-state index is -0.516. The fraction of sp³-hybridized carbons (Fsp3) is 0.300. The molecule has 14 heavy (non-hydrogen) atoms. The molecule has 2 nitrogen and oxygen atoms in total. The van der Waals surface area contributed by atoms with Crippen LogP contribution in [0, 0.1) is 11.8 Å². The van der Waals surface area contributed by atoms with Crippen LogP contribution in [0.3, 0.4) is 0 Å². The molecule has 0 amide bonds. The zero-order chi connectivity index (χ0) is 10.2. The lowest BCUT2D eigenvalue weighted by Gasteiger charge is -2.01. The predicted octanol–water partition coefficient (Wildman–Crippen LogP) is 2.02. The Morgan fingerprint density at radius 2 is 2.36 bits per heavy atom. The van der Waals surface area contributed by atoms with Crippen LogP contribution >= 0.6 is 11.6 Å². The molecule has 1 aromatic rings. The number of hydrogen-bond donors (Lipinski definition) is 0. The summed E-state index contributed by atoms with van der Waals surface area (Å²) in [4.78, 5) is 3.90. The molecular weight excluding hydrogens is 205 g/mol. The van der Waals surface area contributed by atoms with Crippen molar-refractivity contribution in [2.75, 3.05) is 19.2 Å². The van der Waals surface area contributed by atoms with E-state index in [0.29, 0.717) is 11.3 Å². The highest BCUT2D eigenvalue weighted by molar-refractivity contribution is 6.19. The lowest BCUT2D eigenvalue weighted by molar-refractivity contribution is 0.272. The molecule has 0 saturated carbocycles. The van der Waals surface area contributed by atoms with Gasteiger partial charge in [0.1, 0.15) is 19.0 Å². The molecule has 0 aromatic carbocycles. The molecule has 0 unspecified atom stereocenters. The highest BCUT2D eigenvalue weighted by Gasteiger charge is 1.94. The van der Waals surface area contributed by atoms with Crippen LogP contribution in [0.15, 0.2) is 18.5 Å². The Balaban J connectivity index is 2.68. The maximum Gasteiger partial charge on any atom is 0.138 e. The summed E-state index contributed by atoms with van der Waals surface area (Å²) in [7, 11) is 0. The summed E-state index contributed by atoms with van der Waals surface area (Å²) in [6, 6.07) is 1.70. The van der Waals surface area contributed by atoms with Gasteiger partial charge in [-0.15, -0.1) is 11.6 Å². The minimum absolute atomic E-state index is 0.0358. The Morgan fingerprint density at radius 1 is 1.50 bits per heavy atom. The number of halogens is 2. The van der Waals surface area contributed by atoms with Crippen LogP contribution in [0.4, 0.5) is 4.39 Å². The van der Waals surface area contributed by atoms with Gasteiger partial charge in [-0.05, 0) is 6.07 Å². The summed E-state index contributed by atoms with van der Waals surface area (Å²) in [5.74, 6) is 6.28. The van der Waals surface area contributed by atoms with Gasteiger partial charge < -0.3 is 4.74 Å². The first-order valence-electron chi connectivity index (χ1n) is 4.05. The first-order chi connectivity index (χ1) is 6.86. The van der Waals surface area contributed by atoms with Crippen molar-refractivity contribution in [1.29, 1.82) is 0 Å². The second kappa shape index (κ2) is 6.22. The summed E-state index contributed by atoms with van der Waals surface area (Å²) < 4.78 is 16.8. The van der Waals surface area contributed by atoms with Gasteiger partial charge in [0.2, 0.25) is 0 Å². The van der Waals surface area contributed by atoms with E-state index in [0.717, 1.165) is 0 Å². The topological polar surface area (TPSA) is 22.1 Å². The predicted molar refractivity (Wildman–Crippen MR) is 53.3 cm³/mol. The van der Waals surface area contributed by atoms with Gasteiger partial charge in [-0.3, -0.25) is 4.98 Å². The first kappa shape index (κ1) is 10.8. The second-order valence-electron chi connectivity index (χ2n) is 2.38. The normalized spacial score (nSPS) is 9.00. The molecular formula is C10H9ClFNO. The number of nitrogens with zero attached hydrogens (tertiary/aromatic N) is 1. The third kappa shape index (κ3) is 3.63. The van der Waals surface area contributed by atoms with Crippen molar-refractivity contribution >= 4 is 11.6 Å². The average molecular weight is 214 g/mol. The Morgan fingerprint density at radius 3 is 3.07 bits per heavy atom. The number of rotatable bonds is 3. The van der Waals surface area contributed by atoms with Gasteiger partial charge in [-0.25, -0.2) is 4.39 Å². The van der Waals surface area contributed by atoms with Gasteiger partial charge in [-0.1, -0.05) is 11.8 Å². The van der Waals surface area contributed by atoms with Crippen molar-refractivity contribution in [3.05, 3.63) is 24.0 Å². The Bertz CT molecular complexity index is 345. The third-order valence-electron chi connectivity index (χ3n) is 1.36. The number of pyridine rings is 1. The van der Waals surface area contributed by atoms with E-state index in [1.54, 1.807) is 12.3 Å². The third-order valence-corrected chi connectivity index (χ3v) is 1.49. The van der Waals surface area contributed by atoms with Crippen molar-refractivity contribution < 1.29 is 9.13 Å². The van der Waals surface area contributed by atoms with Crippen molar-refractivity contribution in [1.82, 2.24) is 4.98 Å². The minimum Gasteiger partial charge on any atom is -0.489 e. The molecule has 1 rings (SSSR count). The molecule has 0 aliphatic heterocycles. The summed E-state index contributed by atoms with van der Waals surface area (Å²) >= 11 is 5.40. The molecule has 0 fully saturated rings. The largest absolute Gasteiger partial charge is 0.489 e. The van der Waals surface area contributed by atoms with Crippen LogP contribution in [0.2, 0.25) is 0 Å². The molecule has 0 aliphatic carbocycles. The van der Waals surface area contributed by atoms with E-state index in [-0.39, 0.29) is 12.5 Å². The van der Waals surface area contributed by atoms with Crippen LogP contribution in [-0.2, 0) is 0 Å². The maximum absolute atomic E-state index is 11.8. The van der Waals surface area contributed by atoms with Gasteiger partial charge in [0.05, 0.1) is 12.1 Å². The first-order valence-corrected chi connectivity index (χ1v) is 4.59. The maximum atomic E-state index is 11.8. The second-order valence-corrected chi connectivity index (χ2v) is 2.65. The summed E-state index contributed by atoms with van der Waals surface area (Å²) in [5, 5.41) is 0. The van der Waals surface area contributed by atoms with Crippen LogP contribution < -0.4 is 4.74 Å². The molecule has 0 radical (unpaired) electrons. The van der Waals surface area contributed by atoms with E-state index in [9.17, 15) is 4.39 Å². The number of ether oxygens (including phenoxy) is 1. The molecule has 0 N–H and O–H groups in total. The molecule has 74 valence electrons. The van der Waals surface area contributed by atoms with Crippen LogP contribution in [-0.4, -0.2) is 24.1 Å². The monoisotopic (exact) mass is 213 g/mol. The van der Waals surface area contributed by atoms with E-state index >= 15 is 0 Å². The molecule has 4 heteroatoms. The van der Waals surface area contributed by atoms with E-state index in [1.807, 2.05) is 0 Å². The molecule has 1 aromatic heterocycles. The molecule has 0 spiro atoms. The number of alkyl halides is 2. The number of hydrogen-bond acceptors (Lipinski definition) is 2. The number of aromatic nitrogens is 1. The van der Waals surface area contributed by atoms with Gasteiger partial charge in [0, 0.05) is 11.8 Å². The van der Waals surface area contributed by atoms with Crippen LogP contribution in [0.5, 0.6) is 5.75 Å². The fourth-order valence-corrected chi connectivity index (χ4v) is 0.925. The van der Waals surface area contributed by atoms with Gasteiger partial charge in [0.25, 0.3) is 0 Å². The average Bonchev–Trinajstić information content (AvgIpc) is 2.24. The quantitative estimate of drug-likeness (QED) is 0.566. The van der Waals surface area contributed by atoms with Crippen molar-refractivity contribution in [3.63, 3.8) is 0 Å². The van der Waals surface area contributed by atoms with E-state index < -0.39 is 6.67 Å². The highest BCUT2D eigenvalue weighted by atomic mass is 35.5. The van der Waals surface area contributed by atoms with Gasteiger partial charge >= 0.3 is 0 Å². The fourth-order valence-electron chi connectivity index (χ4n) is 0.858. The van der Waals surface area contributed by atoms with Gasteiger partial charge in [0.15, 0.2) is 0 Å². The Hall–Kier alpha value is -1.27. The van der Waals surface area contributed by atoms with Crippen LogP contribution in [0.25, 0.3) is 0 Å². The molecule has 0 atom stereocenters. The molecule has 1 heterocycles. The lowest BCUT2D eigenvalue weighted by Crippen LogP contribution is -1.99. The highest BCUT2D eigenvalue weighted by Crippen LogP contribution is 2.09. The zero-order valence-corrected chi connectivity index (χ0v) is 8.22. The van der Waals surface area contributed by atoms with E-state index in [2.05, 4.69) is 16.8 Å². The Labute approximate surface area is 87.1 Å². The van der Waals surface area contributed by atoms with Crippen molar-refractivity contribution in [2.45, 2.75) is 0 Å². The molecule has 0 aliphatic rings. The van der Waals surface area contributed by atoms with Crippen molar-refractivity contribution in [2.24, 2.45) is 0 Å². The molecule has 0 saturated heterocycles. The lowest BCUT2D eigenvalue weighted by atomic mass is 10.3. The molecule has 0 bridgehead atoms. The van der Waals surface area contributed by atoms with Crippen molar-refractivity contribution in [3.8, 4) is 17.6 Å². The summed E-state index contributed by atoms with van der Waals surface area (Å²) in [6.45, 7) is -0.481. The summed E-state index contributed by atoms with van der Waals surface area (Å²) in [6.07, 6.45) is 3.11. The van der Waals surface area contributed by atoms with Gasteiger partial charge in [-0.2, -0.15) is 0 Å². The van der Waals surface area contributed by atoms with E-state index in [1.165, 1.54) is 6.20 Å². The Kier molecular flexibility index (Phi) is 4.81.